The molecule has 0 fully saturated rings. The fraction of sp³-hybridized carbons (Fsp3) is 0.263. The van der Waals surface area contributed by atoms with E-state index in [1.165, 1.54) is 0 Å². The van der Waals surface area contributed by atoms with Crippen LogP contribution in [0.5, 0.6) is 5.75 Å². The largest absolute Gasteiger partial charge is 0.494 e. The zero-order valence-corrected chi connectivity index (χ0v) is 14.0. The third kappa shape index (κ3) is 6.94. The summed E-state index contributed by atoms with van der Waals surface area (Å²) in [6.45, 7) is 1.98. The maximum atomic E-state index is 10.8. The van der Waals surface area contributed by atoms with Crippen LogP contribution >= 0.6 is 0 Å². The molecule has 0 unspecified atom stereocenters. The van der Waals surface area contributed by atoms with Gasteiger partial charge in [-0.3, -0.25) is 0 Å². The molecule has 0 aromatic heterocycles. The van der Waals surface area contributed by atoms with Gasteiger partial charge in [0.15, 0.2) is 0 Å². The first kappa shape index (κ1) is 18.3. The lowest BCUT2D eigenvalue weighted by Crippen LogP contribution is -2.19. The summed E-state index contributed by atoms with van der Waals surface area (Å²) in [6.07, 6.45) is 1.24. The lowest BCUT2D eigenvalue weighted by atomic mass is 10.2. The van der Waals surface area contributed by atoms with Gasteiger partial charge in [-0.25, -0.2) is 4.79 Å². The van der Waals surface area contributed by atoms with E-state index in [2.05, 4.69) is 16.7 Å². The van der Waals surface area contributed by atoms with E-state index >= 15 is 0 Å². The van der Waals surface area contributed by atoms with E-state index in [1.807, 2.05) is 48.5 Å². The first-order chi connectivity index (χ1) is 12.2. The molecule has 0 aliphatic carbocycles. The highest BCUT2D eigenvalue weighted by molar-refractivity contribution is 5.87. The number of urea groups is 1. The van der Waals surface area contributed by atoms with Crippen LogP contribution in [0, 0.1) is 11.3 Å². The summed E-state index contributed by atoms with van der Waals surface area (Å²) >= 11 is 0. The third-order valence-electron chi connectivity index (χ3n) is 3.48. The number of anilines is 1. The summed E-state index contributed by atoms with van der Waals surface area (Å²) in [5, 5.41) is 14.4. The van der Waals surface area contributed by atoms with Crippen molar-refractivity contribution in [1.82, 2.24) is 5.32 Å². The van der Waals surface area contributed by atoms with Gasteiger partial charge in [0, 0.05) is 25.2 Å². The molecule has 0 bridgehead atoms. The fourth-order valence-corrected chi connectivity index (χ4v) is 2.29. The Morgan fingerprint density at radius 3 is 2.60 bits per heavy atom. The second-order valence-electron chi connectivity index (χ2n) is 5.55. The number of unbranched alkanes of at least 4 members (excludes halogenated alkanes) is 1. The molecule has 0 aliphatic heterocycles. The van der Waals surface area contributed by atoms with Crippen LogP contribution in [-0.4, -0.2) is 12.6 Å². The van der Waals surface area contributed by atoms with Crippen LogP contribution in [0.25, 0.3) is 0 Å². The Morgan fingerprint density at radius 1 is 1.12 bits per heavy atom. The van der Waals surface area contributed by atoms with Crippen molar-refractivity contribution in [2.45, 2.75) is 25.9 Å². The molecule has 0 spiro atoms. The quantitative estimate of drug-likeness (QED) is 0.611. The van der Waals surface area contributed by atoms with Gasteiger partial charge in [0.1, 0.15) is 5.75 Å². The lowest BCUT2D eigenvalue weighted by Gasteiger charge is -2.09. The number of nitrogens with two attached hydrogens (primary N) is 1. The zero-order chi connectivity index (χ0) is 17.9. The highest BCUT2D eigenvalue weighted by atomic mass is 16.5. The lowest BCUT2D eigenvalue weighted by molar-refractivity contribution is 0.259. The van der Waals surface area contributed by atoms with Gasteiger partial charge in [-0.05, 0) is 41.8 Å². The summed E-state index contributed by atoms with van der Waals surface area (Å²) in [7, 11) is 0. The Bertz CT molecular complexity index is 723. The number of benzene rings is 2. The summed E-state index contributed by atoms with van der Waals surface area (Å²) in [6, 6.07) is 17.0. The average molecular weight is 338 g/mol. The normalized spacial score (nSPS) is 10.0. The van der Waals surface area contributed by atoms with Gasteiger partial charge in [0.05, 0.1) is 12.7 Å². The SMILES string of the molecule is N#CCCCOc1cccc(CNCc2ccc(NC(N)=O)cc2)c1. The Kier molecular flexibility index (Phi) is 7.29. The molecule has 0 atom stereocenters. The Labute approximate surface area is 147 Å². The molecule has 4 N–H and O–H groups in total. The van der Waals surface area contributed by atoms with Crippen LogP contribution in [0.3, 0.4) is 0 Å². The highest BCUT2D eigenvalue weighted by Gasteiger charge is 2.00. The predicted octanol–water partition coefficient (Wildman–Crippen LogP) is 3.15. The van der Waals surface area contributed by atoms with Crippen LogP contribution < -0.4 is 21.1 Å². The van der Waals surface area contributed by atoms with E-state index in [1.54, 1.807) is 0 Å². The van der Waals surface area contributed by atoms with Gasteiger partial charge in [-0.1, -0.05) is 24.3 Å². The smallest absolute Gasteiger partial charge is 0.316 e. The highest BCUT2D eigenvalue weighted by Crippen LogP contribution is 2.14. The Hall–Kier alpha value is -3.04. The second-order valence-corrected chi connectivity index (χ2v) is 5.55. The molecular weight excluding hydrogens is 316 g/mol. The molecular formula is C19H22N4O2. The number of amides is 2. The standard InChI is InChI=1S/C19H22N4O2/c20-10-1-2-11-25-18-5-3-4-16(12-18)14-22-13-15-6-8-17(9-7-15)23-19(21)24/h3-9,12,22H,1-2,11,13-14H2,(H3,21,23,24). The van der Waals surface area contributed by atoms with Crippen LogP contribution in [0.2, 0.25) is 0 Å². The number of primary amides is 1. The minimum absolute atomic E-state index is 0.509. The molecule has 6 nitrogen and oxygen atoms in total. The van der Waals surface area contributed by atoms with Gasteiger partial charge in [0.25, 0.3) is 0 Å². The van der Waals surface area contributed by atoms with Crippen LogP contribution in [0.15, 0.2) is 48.5 Å². The Morgan fingerprint density at radius 2 is 1.88 bits per heavy atom. The van der Waals surface area contributed by atoms with Crippen molar-refractivity contribution in [2.24, 2.45) is 5.73 Å². The molecule has 6 heteroatoms. The number of hydrogen-bond acceptors (Lipinski definition) is 4. The fourth-order valence-electron chi connectivity index (χ4n) is 2.29. The van der Waals surface area contributed by atoms with E-state index in [0.29, 0.717) is 25.3 Å². The maximum Gasteiger partial charge on any atom is 0.316 e. The van der Waals surface area contributed by atoms with Crippen molar-refractivity contribution in [3.63, 3.8) is 0 Å². The number of rotatable bonds is 9. The predicted molar refractivity (Wildman–Crippen MR) is 97.0 cm³/mol. The molecule has 0 saturated heterocycles. The Balaban J connectivity index is 1.77. The molecule has 0 heterocycles. The summed E-state index contributed by atoms with van der Waals surface area (Å²) in [5.74, 6) is 0.819. The first-order valence-corrected chi connectivity index (χ1v) is 8.12. The molecule has 2 rings (SSSR count). The molecule has 25 heavy (non-hydrogen) atoms. The van der Waals surface area contributed by atoms with Crippen molar-refractivity contribution in [1.29, 1.82) is 5.26 Å². The third-order valence-corrected chi connectivity index (χ3v) is 3.48. The molecule has 0 radical (unpaired) electrons. The van der Waals surface area contributed by atoms with Gasteiger partial charge in [-0.15, -0.1) is 0 Å². The molecule has 2 aromatic rings. The van der Waals surface area contributed by atoms with E-state index in [0.717, 1.165) is 29.8 Å². The van der Waals surface area contributed by atoms with E-state index in [9.17, 15) is 4.79 Å². The van der Waals surface area contributed by atoms with Gasteiger partial charge in [-0.2, -0.15) is 5.26 Å². The van der Waals surface area contributed by atoms with Crippen molar-refractivity contribution in [2.75, 3.05) is 11.9 Å². The van der Waals surface area contributed by atoms with Crippen molar-refractivity contribution >= 4 is 11.7 Å². The average Bonchev–Trinajstić information content (AvgIpc) is 2.60. The summed E-state index contributed by atoms with van der Waals surface area (Å²) in [4.78, 5) is 10.8. The molecule has 2 aromatic carbocycles. The monoisotopic (exact) mass is 338 g/mol. The molecule has 0 saturated carbocycles. The van der Waals surface area contributed by atoms with Crippen molar-refractivity contribution in [3.8, 4) is 11.8 Å². The zero-order valence-electron chi connectivity index (χ0n) is 14.0. The van der Waals surface area contributed by atoms with Crippen LogP contribution in [0.1, 0.15) is 24.0 Å². The van der Waals surface area contributed by atoms with Crippen LogP contribution in [-0.2, 0) is 13.1 Å². The van der Waals surface area contributed by atoms with Gasteiger partial charge in [0.2, 0.25) is 0 Å². The minimum atomic E-state index is -0.569. The number of ether oxygens (including phenoxy) is 1. The van der Waals surface area contributed by atoms with Gasteiger partial charge < -0.3 is 21.1 Å². The first-order valence-electron chi connectivity index (χ1n) is 8.12. The van der Waals surface area contributed by atoms with Crippen molar-refractivity contribution in [3.05, 3.63) is 59.7 Å². The van der Waals surface area contributed by atoms with Crippen LogP contribution in [0.4, 0.5) is 10.5 Å². The number of nitrogens with one attached hydrogen (secondary N) is 2. The van der Waals surface area contributed by atoms with E-state index in [4.69, 9.17) is 15.7 Å². The maximum absolute atomic E-state index is 10.8. The molecule has 0 aliphatic rings. The number of nitrogens with zero attached hydrogens (tertiary/aromatic N) is 1. The number of nitriles is 1. The number of hydrogen-bond donors (Lipinski definition) is 3. The second kappa shape index (κ2) is 9.96. The van der Waals surface area contributed by atoms with E-state index < -0.39 is 6.03 Å². The van der Waals surface area contributed by atoms with Gasteiger partial charge >= 0.3 is 6.03 Å². The minimum Gasteiger partial charge on any atom is -0.494 e. The number of carbonyl (C=O) groups is 1. The van der Waals surface area contributed by atoms with E-state index in [-0.39, 0.29) is 0 Å². The summed E-state index contributed by atoms with van der Waals surface area (Å²) in [5.41, 5.74) is 8.00. The number of carbonyl (C=O) groups excluding carboxylic acids is 1. The topological polar surface area (TPSA) is 100 Å². The van der Waals surface area contributed by atoms with Crippen molar-refractivity contribution < 1.29 is 9.53 Å². The molecule has 2 amide bonds. The molecule has 130 valence electrons. The summed E-state index contributed by atoms with van der Waals surface area (Å²) < 4.78 is 5.63.